The number of nitriles is 1. The number of hydrogen-bond acceptors (Lipinski definition) is 3. The monoisotopic (exact) mass is 343 g/mol. The molecule has 0 bridgehead atoms. The van der Waals surface area contributed by atoms with Gasteiger partial charge in [-0.1, -0.05) is 12.1 Å². The lowest BCUT2D eigenvalue weighted by Gasteiger charge is -2.02. The molecule has 0 spiro atoms. The van der Waals surface area contributed by atoms with Gasteiger partial charge in [0, 0.05) is 5.56 Å². The smallest absolute Gasteiger partial charge is 0.134 e. The van der Waals surface area contributed by atoms with Crippen LogP contribution in [-0.2, 0) is 6.54 Å². The predicted molar refractivity (Wildman–Crippen MR) is 97.4 cm³/mol. The van der Waals surface area contributed by atoms with Gasteiger partial charge in [-0.2, -0.15) is 5.26 Å². The molecule has 2 aromatic carbocycles. The Morgan fingerprint density at radius 1 is 1.12 bits per heavy atom. The van der Waals surface area contributed by atoms with E-state index in [0.717, 1.165) is 16.6 Å². The first-order chi connectivity index (χ1) is 12.7. The molecule has 0 aliphatic carbocycles. The summed E-state index contributed by atoms with van der Waals surface area (Å²) in [5.41, 5.74) is 3.19. The number of imidazole rings is 1. The van der Waals surface area contributed by atoms with Gasteiger partial charge < -0.3 is 8.98 Å². The van der Waals surface area contributed by atoms with Crippen molar-refractivity contribution in [2.75, 3.05) is 0 Å². The second-order valence-corrected chi connectivity index (χ2v) is 5.85. The van der Waals surface area contributed by atoms with Crippen molar-refractivity contribution in [2.24, 2.45) is 0 Å². The average molecular weight is 343 g/mol. The Balaban J connectivity index is 1.60. The Hall–Kier alpha value is -3.65. The summed E-state index contributed by atoms with van der Waals surface area (Å²) >= 11 is 0. The van der Waals surface area contributed by atoms with Crippen LogP contribution in [0.25, 0.3) is 28.4 Å². The Morgan fingerprint density at radius 3 is 2.73 bits per heavy atom. The lowest BCUT2D eigenvalue weighted by molar-refractivity contribution is 0.570. The molecule has 0 aliphatic heterocycles. The van der Waals surface area contributed by atoms with E-state index in [-0.39, 0.29) is 5.82 Å². The van der Waals surface area contributed by atoms with Gasteiger partial charge >= 0.3 is 0 Å². The number of para-hydroxylation sites is 2. The maximum atomic E-state index is 13.0. The number of benzene rings is 2. The molecule has 0 atom stereocenters. The molecule has 0 radical (unpaired) electrons. The number of aromatic nitrogens is 2. The zero-order valence-corrected chi connectivity index (χ0v) is 13.8. The van der Waals surface area contributed by atoms with Crippen molar-refractivity contribution in [1.82, 2.24) is 9.55 Å². The predicted octanol–water partition coefficient (Wildman–Crippen LogP) is 5.04. The van der Waals surface area contributed by atoms with E-state index < -0.39 is 0 Å². The summed E-state index contributed by atoms with van der Waals surface area (Å²) in [7, 11) is 0. The summed E-state index contributed by atoms with van der Waals surface area (Å²) < 4.78 is 20.7. The molecule has 0 unspecified atom stereocenters. The van der Waals surface area contributed by atoms with E-state index in [2.05, 4.69) is 11.1 Å². The molecule has 2 heterocycles. The number of fused-ring (bicyclic) bond motifs is 1. The summed E-state index contributed by atoms with van der Waals surface area (Å²) in [6.07, 6.45) is 3.43. The second kappa shape index (κ2) is 6.69. The molecule has 2 aromatic heterocycles. The Morgan fingerprint density at radius 2 is 1.92 bits per heavy atom. The van der Waals surface area contributed by atoms with E-state index in [0.29, 0.717) is 23.6 Å². The van der Waals surface area contributed by atoms with Crippen molar-refractivity contribution < 1.29 is 8.81 Å². The number of hydrogen-bond donors (Lipinski definition) is 0. The van der Waals surface area contributed by atoms with Crippen LogP contribution in [0.2, 0.25) is 0 Å². The van der Waals surface area contributed by atoms with Crippen LogP contribution in [0, 0.1) is 17.1 Å². The normalized spacial score (nSPS) is 11.6. The fourth-order valence-corrected chi connectivity index (χ4v) is 2.80. The van der Waals surface area contributed by atoms with Gasteiger partial charge in [-0.25, -0.2) is 9.37 Å². The second-order valence-electron chi connectivity index (χ2n) is 5.85. The van der Waals surface area contributed by atoms with Gasteiger partial charge in [0.2, 0.25) is 0 Å². The van der Waals surface area contributed by atoms with Crippen LogP contribution in [0.4, 0.5) is 4.39 Å². The highest BCUT2D eigenvalue weighted by Crippen LogP contribution is 2.24. The van der Waals surface area contributed by atoms with Crippen LogP contribution in [0.3, 0.4) is 0 Å². The number of allylic oxidation sites excluding steroid dienone is 1. The molecule has 0 N–H and O–H groups in total. The zero-order chi connectivity index (χ0) is 17.9. The van der Waals surface area contributed by atoms with E-state index in [1.165, 1.54) is 12.1 Å². The van der Waals surface area contributed by atoms with Crippen molar-refractivity contribution in [3.05, 3.63) is 84.1 Å². The fraction of sp³-hybridized carbons (Fsp3) is 0.0476. The molecule has 126 valence electrons. The van der Waals surface area contributed by atoms with E-state index in [1.54, 1.807) is 36.7 Å². The molecule has 0 aliphatic rings. The highest BCUT2D eigenvalue weighted by Gasteiger charge is 2.07. The first kappa shape index (κ1) is 15.9. The molecule has 0 amide bonds. The van der Waals surface area contributed by atoms with Crippen LogP contribution in [0.1, 0.15) is 5.76 Å². The van der Waals surface area contributed by atoms with Gasteiger partial charge in [-0.15, -0.1) is 0 Å². The Bertz CT molecular complexity index is 1130. The minimum Gasteiger partial charge on any atom is -0.457 e. The van der Waals surface area contributed by atoms with Gasteiger partial charge in [-0.05, 0) is 54.6 Å². The van der Waals surface area contributed by atoms with Crippen LogP contribution >= 0.6 is 0 Å². The maximum absolute atomic E-state index is 13.0. The number of halogens is 1. The average Bonchev–Trinajstić information content (AvgIpc) is 3.29. The maximum Gasteiger partial charge on any atom is 0.134 e. The zero-order valence-electron chi connectivity index (χ0n) is 13.8. The quantitative estimate of drug-likeness (QED) is 0.488. The first-order valence-electron chi connectivity index (χ1n) is 8.09. The summed E-state index contributed by atoms with van der Waals surface area (Å²) in [6.45, 7) is 0.406. The Kier molecular flexibility index (Phi) is 4.08. The van der Waals surface area contributed by atoms with E-state index >= 15 is 0 Å². The SMILES string of the molecule is N#C/C(=C/c1ccc(-c2ccc(F)cc2)o1)Cn1cnc2ccccc21. The largest absolute Gasteiger partial charge is 0.457 e. The molecule has 0 saturated carbocycles. The van der Waals surface area contributed by atoms with Crippen molar-refractivity contribution in [3.8, 4) is 17.4 Å². The number of furan rings is 1. The van der Waals surface area contributed by atoms with Gasteiger partial charge in [0.1, 0.15) is 17.3 Å². The molecule has 5 heteroatoms. The van der Waals surface area contributed by atoms with Crippen molar-refractivity contribution >= 4 is 17.1 Å². The van der Waals surface area contributed by atoms with E-state index in [9.17, 15) is 9.65 Å². The molecule has 0 saturated heterocycles. The van der Waals surface area contributed by atoms with Gasteiger partial charge in [-0.3, -0.25) is 0 Å². The summed E-state index contributed by atoms with van der Waals surface area (Å²) in [5.74, 6) is 0.909. The molecule has 4 rings (SSSR count). The first-order valence-corrected chi connectivity index (χ1v) is 8.09. The molecular weight excluding hydrogens is 329 g/mol. The molecular formula is C21H14FN3O. The van der Waals surface area contributed by atoms with Crippen LogP contribution in [0.15, 0.2) is 77.0 Å². The van der Waals surface area contributed by atoms with Crippen LogP contribution in [0.5, 0.6) is 0 Å². The highest BCUT2D eigenvalue weighted by atomic mass is 19.1. The molecule has 26 heavy (non-hydrogen) atoms. The topological polar surface area (TPSA) is 54.8 Å². The van der Waals surface area contributed by atoms with Gasteiger partial charge in [0.05, 0.1) is 35.5 Å². The molecule has 0 fully saturated rings. The lowest BCUT2D eigenvalue weighted by Crippen LogP contribution is -1.98. The van der Waals surface area contributed by atoms with Crippen LogP contribution < -0.4 is 0 Å². The minimum atomic E-state index is -0.292. The van der Waals surface area contributed by atoms with Gasteiger partial charge in [0.15, 0.2) is 0 Å². The molecule has 4 nitrogen and oxygen atoms in total. The van der Waals surface area contributed by atoms with Crippen LogP contribution in [-0.4, -0.2) is 9.55 Å². The summed E-state index contributed by atoms with van der Waals surface area (Å²) in [5, 5.41) is 9.48. The highest BCUT2D eigenvalue weighted by molar-refractivity contribution is 5.75. The number of rotatable bonds is 4. The third-order valence-electron chi connectivity index (χ3n) is 4.08. The summed E-state index contributed by atoms with van der Waals surface area (Å²) in [4.78, 5) is 4.34. The minimum absolute atomic E-state index is 0.292. The third-order valence-corrected chi connectivity index (χ3v) is 4.08. The third kappa shape index (κ3) is 3.13. The fourth-order valence-electron chi connectivity index (χ4n) is 2.80. The summed E-state index contributed by atoms with van der Waals surface area (Å²) in [6, 6.07) is 19.7. The standard InChI is InChI=1S/C21H14FN3O/c22-17-7-5-16(6-8-17)21-10-9-18(26-21)11-15(12-23)13-25-14-24-19-3-1-2-4-20(19)25/h1-11,14H,13H2/b15-11-. The van der Waals surface area contributed by atoms with Gasteiger partial charge in [0.25, 0.3) is 0 Å². The van der Waals surface area contributed by atoms with Crippen molar-refractivity contribution in [3.63, 3.8) is 0 Å². The molecule has 4 aromatic rings. The van der Waals surface area contributed by atoms with Crippen molar-refractivity contribution in [1.29, 1.82) is 5.26 Å². The Labute approximate surface area is 149 Å². The van der Waals surface area contributed by atoms with E-state index in [4.69, 9.17) is 4.42 Å². The van der Waals surface area contributed by atoms with E-state index in [1.807, 2.05) is 28.8 Å². The number of nitrogens with zero attached hydrogens (tertiary/aromatic N) is 3. The lowest BCUT2D eigenvalue weighted by atomic mass is 10.2. The van der Waals surface area contributed by atoms with Crippen molar-refractivity contribution in [2.45, 2.75) is 6.54 Å².